The molecule has 7 heteroatoms. The normalized spacial score (nSPS) is 23.5. The summed E-state index contributed by atoms with van der Waals surface area (Å²) in [5, 5.41) is 12.2. The van der Waals surface area contributed by atoms with E-state index in [-0.39, 0.29) is 36.2 Å². The Labute approximate surface area is 205 Å². The van der Waals surface area contributed by atoms with Crippen molar-refractivity contribution in [2.75, 3.05) is 19.7 Å². The molecule has 7 nitrogen and oxygen atoms in total. The fraction of sp³-hybridized carbons (Fsp3) is 0.464. The molecule has 4 atom stereocenters. The Morgan fingerprint density at radius 1 is 1.03 bits per heavy atom. The Bertz CT molecular complexity index is 1120. The third-order valence-electron chi connectivity index (χ3n) is 7.81. The Morgan fingerprint density at radius 3 is 2.20 bits per heavy atom. The van der Waals surface area contributed by atoms with E-state index in [4.69, 9.17) is 4.74 Å². The highest BCUT2D eigenvalue weighted by Crippen LogP contribution is 2.52. The van der Waals surface area contributed by atoms with Gasteiger partial charge in [-0.05, 0) is 45.9 Å². The van der Waals surface area contributed by atoms with Gasteiger partial charge in [-0.2, -0.15) is 0 Å². The lowest BCUT2D eigenvalue weighted by atomic mass is 9.85. The summed E-state index contributed by atoms with van der Waals surface area (Å²) in [5.41, 5.74) is 4.04. The van der Waals surface area contributed by atoms with Crippen LogP contribution < -0.4 is 5.32 Å². The molecule has 35 heavy (non-hydrogen) atoms. The fourth-order valence-electron chi connectivity index (χ4n) is 5.89. The Kier molecular flexibility index (Phi) is 5.82. The van der Waals surface area contributed by atoms with E-state index in [1.54, 1.807) is 4.90 Å². The Balaban J connectivity index is 1.25. The van der Waals surface area contributed by atoms with Gasteiger partial charge in [0.05, 0.1) is 5.92 Å². The monoisotopic (exact) mass is 476 g/mol. The Morgan fingerprint density at radius 2 is 1.63 bits per heavy atom. The SMILES string of the molecule is CC(C)(C)[C@@H](NC(=O)OCC1c2ccccc2-c2ccccc21)C(=O)N1CCC2C(C1)C2C(=O)O. The number of benzene rings is 2. The van der Waals surface area contributed by atoms with Crippen molar-refractivity contribution in [1.82, 2.24) is 10.2 Å². The number of fused-ring (bicyclic) bond motifs is 4. The zero-order chi connectivity index (χ0) is 24.9. The molecule has 2 N–H and O–H groups in total. The lowest BCUT2D eigenvalue weighted by Crippen LogP contribution is -2.56. The smallest absolute Gasteiger partial charge is 0.407 e. The van der Waals surface area contributed by atoms with Gasteiger partial charge in [0.15, 0.2) is 0 Å². The lowest BCUT2D eigenvalue weighted by Gasteiger charge is -2.36. The van der Waals surface area contributed by atoms with Gasteiger partial charge in [-0.25, -0.2) is 4.79 Å². The van der Waals surface area contributed by atoms with Crippen molar-refractivity contribution in [3.8, 4) is 11.1 Å². The maximum atomic E-state index is 13.4. The van der Waals surface area contributed by atoms with Gasteiger partial charge in [-0.15, -0.1) is 0 Å². The number of piperidine rings is 1. The first-order valence-electron chi connectivity index (χ1n) is 12.3. The largest absolute Gasteiger partial charge is 0.481 e. The number of alkyl carbamates (subject to hydrolysis) is 1. The van der Waals surface area contributed by atoms with Crippen LogP contribution in [0.15, 0.2) is 48.5 Å². The third kappa shape index (κ3) is 4.28. The average molecular weight is 477 g/mol. The van der Waals surface area contributed by atoms with Crippen LogP contribution in [0.5, 0.6) is 0 Å². The molecule has 0 aromatic heterocycles. The molecule has 2 aromatic carbocycles. The molecule has 184 valence electrons. The van der Waals surface area contributed by atoms with Crippen molar-refractivity contribution in [1.29, 1.82) is 0 Å². The van der Waals surface area contributed by atoms with E-state index in [1.165, 1.54) is 0 Å². The van der Waals surface area contributed by atoms with Gasteiger partial charge >= 0.3 is 12.1 Å². The van der Waals surface area contributed by atoms with Crippen LogP contribution in [0.3, 0.4) is 0 Å². The third-order valence-corrected chi connectivity index (χ3v) is 7.81. The first-order valence-corrected chi connectivity index (χ1v) is 12.3. The van der Waals surface area contributed by atoms with E-state index in [2.05, 4.69) is 29.6 Å². The zero-order valence-corrected chi connectivity index (χ0v) is 20.4. The summed E-state index contributed by atoms with van der Waals surface area (Å²) in [6.07, 6.45) is 0.0692. The minimum absolute atomic E-state index is 0.0141. The molecule has 3 unspecified atom stereocenters. The number of nitrogens with zero attached hydrogens (tertiary/aromatic N) is 1. The molecule has 0 spiro atoms. The van der Waals surface area contributed by atoms with Crippen molar-refractivity contribution >= 4 is 18.0 Å². The van der Waals surface area contributed by atoms with Crippen LogP contribution in [0.1, 0.15) is 44.2 Å². The first kappa shape index (κ1) is 23.4. The van der Waals surface area contributed by atoms with Crippen LogP contribution in [-0.4, -0.2) is 53.7 Å². The van der Waals surface area contributed by atoms with Crippen LogP contribution in [0.25, 0.3) is 11.1 Å². The first-order chi connectivity index (χ1) is 16.7. The van der Waals surface area contributed by atoms with E-state index in [9.17, 15) is 19.5 Å². The maximum Gasteiger partial charge on any atom is 0.407 e. The molecule has 2 fully saturated rings. The minimum Gasteiger partial charge on any atom is -0.481 e. The van der Waals surface area contributed by atoms with E-state index >= 15 is 0 Å². The topological polar surface area (TPSA) is 95.9 Å². The van der Waals surface area contributed by atoms with Crippen LogP contribution in [0.2, 0.25) is 0 Å². The molecule has 3 aliphatic rings. The summed E-state index contributed by atoms with van der Waals surface area (Å²) in [4.78, 5) is 39.4. The number of rotatable bonds is 5. The summed E-state index contributed by atoms with van der Waals surface area (Å²) in [7, 11) is 0. The quantitative estimate of drug-likeness (QED) is 0.677. The summed E-state index contributed by atoms with van der Waals surface area (Å²) in [6.45, 7) is 6.84. The molecule has 2 aromatic rings. The predicted molar refractivity (Wildman–Crippen MR) is 131 cm³/mol. The summed E-state index contributed by atoms with van der Waals surface area (Å²) < 4.78 is 5.68. The number of ether oxygens (including phenoxy) is 1. The highest BCUT2D eigenvalue weighted by molar-refractivity contribution is 5.87. The van der Waals surface area contributed by atoms with E-state index in [0.717, 1.165) is 22.3 Å². The number of carboxylic acid groups (broad SMARTS) is 1. The van der Waals surface area contributed by atoms with Crippen LogP contribution in [-0.2, 0) is 14.3 Å². The summed E-state index contributed by atoms with van der Waals surface area (Å²) >= 11 is 0. The summed E-state index contributed by atoms with van der Waals surface area (Å²) in [6, 6.07) is 15.5. The second-order valence-electron chi connectivity index (χ2n) is 11.0. The minimum atomic E-state index is -0.779. The van der Waals surface area contributed by atoms with Crippen LogP contribution in [0.4, 0.5) is 4.79 Å². The predicted octanol–water partition coefficient (Wildman–Crippen LogP) is 4.12. The number of likely N-dealkylation sites (tertiary alicyclic amines) is 1. The zero-order valence-electron chi connectivity index (χ0n) is 20.4. The number of amides is 2. The second kappa shape index (κ2) is 8.70. The van der Waals surface area contributed by atoms with Crippen molar-refractivity contribution in [2.45, 2.75) is 39.2 Å². The number of hydrogen-bond donors (Lipinski definition) is 2. The molecule has 1 saturated carbocycles. The van der Waals surface area contributed by atoms with Gasteiger partial charge in [0, 0.05) is 19.0 Å². The number of carbonyl (C=O) groups excluding carboxylic acids is 2. The lowest BCUT2D eigenvalue weighted by molar-refractivity contribution is -0.140. The molecule has 5 rings (SSSR count). The molecular formula is C28H32N2O5. The molecule has 2 aliphatic carbocycles. The number of carbonyl (C=O) groups is 3. The van der Waals surface area contributed by atoms with Crippen molar-refractivity contribution < 1.29 is 24.2 Å². The molecule has 1 aliphatic heterocycles. The van der Waals surface area contributed by atoms with Gasteiger partial charge in [0.25, 0.3) is 0 Å². The van der Waals surface area contributed by atoms with Gasteiger partial charge in [-0.1, -0.05) is 69.3 Å². The number of hydrogen-bond acceptors (Lipinski definition) is 4. The van der Waals surface area contributed by atoms with Crippen molar-refractivity contribution in [2.24, 2.45) is 23.2 Å². The maximum absolute atomic E-state index is 13.4. The highest BCUT2D eigenvalue weighted by Gasteiger charge is 2.58. The van der Waals surface area contributed by atoms with Gasteiger partial charge in [0.2, 0.25) is 5.91 Å². The van der Waals surface area contributed by atoms with Crippen molar-refractivity contribution in [3.05, 3.63) is 59.7 Å². The van der Waals surface area contributed by atoms with Gasteiger partial charge in [-0.3, -0.25) is 9.59 Å². The molecule has 1 heterocycles. The van der Waals surface area contributed by atoms with E-state index in [1.807, 2.05) is 45.0 Å². The van der Waals surface area contributed by atoms with E-state index < -0.39 is 23.5 Å². The standard InChI is InChI=1S/C28H32N2O5/c1-28(2,3)24(25(31)30-13-12-20-21(14-30)23(20)26(32)33)29-27(34)35-15-22-18-10-6-4-8-16(18)17-9-5-7-11-19(17)22/h4-11,20-24H,12-15H2,1-3H3,(H,29,34)(H,32,33)/t20?,21?,23?,24-/m0/s1. The highest BCUT2D eigenvalue weighted by atomic mass is 16.5. The number of nitrogens with one attached hydrogen (secondary N) is 1. The molecule has 0 radical (unpaired) electrons. The summed E-state index contributed by atoms with van der Waals surface area (Å²) in [5.74, 6) is -1.19. The second-order valence-corrected chi connectivity index (χ2v) is 11.0. The number of carboxylic acids is 1. The van der Waals surface area contributed by atoms with Crippen molar-refractivity contribution in [3.63, 3.8) is 0 Å². The van der Waals surface area contributed by atoms with Gasteiger partial charge < -0.3 is 20.1 Å². The van der Waals surface area contributed by atoms with Gasteiger partial charge in [0.1, 0.15) is 12.6 Å². The number of aliphatic carboxylic acids is 1. The average Bonchev–Trinajstić information content (AvgIpc) is 3.47. The fourth-order valence-corrected chi connectivity index (χ4v) is 5.89. The van der Waals surface area contributed by atoms with Crippen LogP contribution >= 0.6 is 0 Å². The molecule has 1 saturated heterocycles. The van der Waals surface area contributed by atoms with E-state index in [0.29, 0.717) is 19.5 Å². The van der Waals surface area contributed by atoms with Crippen LogP contribution in [0, 0.1) is 23.2 Å². The molecule has 2 amide bonds. The molecule has 0 bridgehead atoms. The Hall–Kier alpha value is -3.35. The molecular weight excluding hydrogens is 444 g/mol.